The highest BCUT2D eigenvalue weighted by Gasteiger charge is 2.33. The molecule has 4 rings (SSSR count). The minimum Gasteiger partial charge on any atom is -0.350 e. The Labute approximate surface area is 188 Å². The van der Waals surface area contributed by atoms with E-state index in [1.54, 1.807) is 6.07 Å². The second kappa shape index (κ2) is 8.58. The number of carbonyl (C=O) groups excluding carboxylic acids is 1. The van der Waals surface area contributed by atoms with Crippen LogP contribution in [0.5, 0.6) is 0 Å². The van der Waals surface area contributed by atoms with Gasteiger partial charge in [-0.25, -0.2) is 12.8 Å². The van der Waals surface area contributed by atoms with E-state index in [0.29, 0.717) is 11.3 Å². The van der Waals surface area contributed by atoms with E-state index in [2.05, 4.69) is 5.16 Å². The van der Waals surface area contributed by atoms with Gasteiger partial charge in [-0.15, -0.1) is 0 Å². The molecule has 0 spiro atoms. The van der Waals surface area contributed by atoms with E-state index in [9.17, 15) is 17.6 Å². The normalized spacial score (nSPS) is 15.3. The number of rotatable bonds is 4. The SMILES string of the molecule is O=C(c1cc(-c2cccc(F)c2)no1)N1CCN(S(=O)(=O)c2cccc(Cl)c2Cl)CC1. The summed E-state index contributed by atoms with van der Waals surface area (Å²) in [7, 11) is -3.86. The predicted octanol–water partition coefficient (Wildman–Crippen LogP) is 3.93. The van der Waals surface area contributed by atoms with Crippen LogP contribution in [0.1, 0.15) is 10.6 Å². The van der Waals surface area contributed by atoms with Crippen LogP contribution in [0.25, 0.3) is 11.3 Å². The predicted molar refractivity (Wildman–Crippen MR) is 113 cm³/mol. The van der Waals surface area contributed by atoms with E-state index < -0.39 is 21.7 Å². The highest BCUT2D eigenvalue weighted by molar-refractivity contribution is 7.89. The van der Waals surface area contributed by atoms with Crippen molar-refractivity contribution < 1.29 is 22.1 Å². The molecule has 162 valence electrons. The fourth-order valence-corrected chi connectivity index (χ4v) is 5.43. The Bertz CT molecular complexity index is 1240. The molecule has 0 aliphatic carbocycles. The smallest absolute Gasteiger partial charge is 0.292 e. The molecule has 1 saturated heterocycles. The Morgan fingerprint density at radius 3 is 2.45 bits per heavy atom. The Kier molecular flexibility index (Phi) is 6.02. The van der Waals surface area contributed by atoms with Gasteiger partial charge in [0.2, 0.25) is 15.8 Å². The first-order valence-electron chi connectivity index (χ1n) is 9.23. The molecule has 7 nitrogen and oxygen atoms in total. The van der Waals surface area contributed by atoms with Crippen molar-refractivity contribution in [2.24, 2.45) is 0 Å². The molecule has 0 unspecified atom stereocenters. The van der Waals surface area contributed by atoms with Crippen molar-refractivity contribution in [3.63, 3.8) is 0 Å². The van der Waals surface area contributed by atoms with Crippen LogP contribution in [0.15, 0.2) is 57.9 Å². The number of halogens is 3. The maximum atomic E-state index is 13.4. The van der Waals surface area contributed by atoms with Crippen LogP contribution in [-0.2, 0) is 10.0 Å². The summed E-state index contributed by atoms with van der Waals surface area (Å²) in [5.74, 6) is -0.855. The van der Waals surface area contributed by atoms with Crippen molar-refractivity contribution in [2.75, 3.05) is 26.2 Å². The number of amides is 1. The van der Waals surface area contributed by atoms with Gasteiger partial charge in [0.25, 0.3) is 5.91 Å². The number of benzene rings is 2. The van der Waals surface area contributed by atoms with Gasteiger partial charge in [0.05, 0.1) is 10.0 Å². The maximum Gasteiger partial charge on any atom is 0.292 e. The van der Waals surface area contributed by atoms with Crippen molar-refractivity contribution in [3.8, 4) is 11.3 Å². The standard InChI is InChI=1S/C20H16Cl2FN3O4S/c21-15-5-2-6-18(19(15)22)31(28,29)26-9-7-25(8-10-26)20(27)17-12-16(24-30-17)13-3-1-4-14(23)11-13/h1-6,11-12H,7-10H2. The summed E-state index contributed by atoms with van der Waals surface area (Å²) in [6.45, 7) is 0.488. The first kappa shape index (κ1) is 21.8. The van der Waals surface area contributed by atoms with Crippen molar-refractivity contribution in [3.05, 3.63) is 70.2 Å². The minimum absolute atomic E-state index is 0.00606. The lowest BCUT2D eigenvalue weighted by Crippen LogP contribution is -2.50. The van der Waals surface area contributed by atoms with E-state index in [4.69, 9.17) is 27.7 Å². The monoisotopic (exact) mass is 483 g/mol. The second-order valence-electron chi connectivity index (χ2n) is 6.83. The third kappa shape index (κ3) is 4.31. The molecule has 2 heterocycles. The lowest BCUT2D eigenvalue weighted by Gasteiger charge is -2.33. The zero-order valence-corrected chi connectivity index (χ0v) is 18.3. The molecule has 1 aromatic heterocycles. The molecule has 31 heavy (non-hydrogen) atoms. The average Bonchev–Trinajstić information content (AvgIpc) is 3.25. The largest absolute Gasteiger partial charge is 0.350 e. The number of piperazine rings is 1. The summed E-state index contributed by atoms with van der Waals surface area (Å²) in [4.78, 5) is 14.1. The number of hydrogen-bond donors (Lipinski definition) is 0. The number of sulfonamides is 1. The molecule has 11 heteroatoms. The molecule has 1 amide bonds. The summed E-state index contributed by atoms with van der Waals surface area (Å²) in [5.41, 5.74) is 0.816. The Morgan fingerprint density at radius 1 is 1.03 bits per heavy atom. The molecule has 1 aliphatic heterocycles. The number of carbonyl (C=O) groups is 1. The Hall–Kier alpha value is -2.46. The third-order valence-corrected chi connectivity index (χ3v) is 7.77. The molecule has 0 atom stereocenters. The number of nitrogens with zero attached hydrogens (tertiary/aromatic N) is 3. The maximum absolute atomic E-state index is 13.4. The minimum atomic E-state index is -3.86. The molecule has 1 aliphatic rings. The van der Waals surface area contributed by atoms with Gasteiger partial charge < -0.3 is 9.42 Å². The molecule has 0 saturated carbocycles. The Morgan fingerprint density at radius 2 is 1.74 bits per heavy atom. The molecule has 2 aromatic carbocycles. The van der Waals surface area contributed by atoms with Crippen molar-refractivity contribution in [1.82, 2.24) is 14.4 Å². The fraction of sp³-hybridized carbons (Fsp3) is 0.200. The van der Waals surface area contributed by atoms with Crippen molar-refractivity contribution in [2.45, 2.75) is 4.90 Å². The Balaban J connectivity index is 1.45. The number of hydrogen-bond acceptors (Lipinski definition) is 5. The van der Waals surface area contributed by atoms with Gasteiger partial charge in [0.15, 0.2) is 0 Å². The molecule has 1 fully saturated rings. The lowest BCUT2D eigenvalue weighted by atomic mass is 10.1. The summed E-state index contributed by atoms with van der Waals surface area (Å²) < 4.78 is 45.6. The van der Waals surface area contributed by atoms with Crippen LogP contribution in [0, 0.1) is 5.82 Å². The molecule has 0 radical (unpaired) electrons. The second-order valence-corrected chi connectivity index (χ2v) is 9.53. The average molecular weight is 484 g/mol. The van der Waals surface area contributed by atoms with E-state index in [0.717, 1.165) is 0 Å². The van der Waals surface area contributed by atoms with E-state index in [1.807, 2.05) is 0 Å². The summed E-state index contributed by atoms with van der Waals surface area (Å²) in [5, 5.41) is 3.95. The van der Waals surface area contributed by atoms with E-state index in [1.165, 1.54) is 51.7 Å². The number of aromatic nitrogens is 1. The summed E-state index contributed by atoms with van der Waals surface area (Å²) in [6, 6.07) is 11.6. The van der Waals surface area contributed by atoms with E-state index >= 15 is 0 Å². The highest BCUT2D eigenvalue weighted by atomic mass is 35.5. The first-order valence-corrected chi connectivity index (χ1v) is 11.4. The van der Waals surface area contributed by atoms with Crippen LogP contribution in [0.3, 0.4) is 0 Å². The van der Waals surface area contributed by atoms with Crippen LogP contribution in [0.4, 0.5) is 4.39 Å². The van der Waals surface area contributed by atoms with Gasteiger partial charge in [-0.3, -0.25) is 4.79 Å². The van der Waals surface area contributed by atoms with Crippen LogP contribution in [0.2, 0.25) is 10.0 Å². The molecule has 0 bridgehead atoms. The van der Waals surface area contributed by atoms with Gasteiger partial charge in [-0.2, -0.15) is 4.31 Å². The zero-order chi connectivity index (χ0) is 22.2. The van der Waals surface area contributed by atoms with E-state index in [-0.39, 0.29) is 46.9 Å². The lowest BCUT2D eigenvalue weighted by molar-refractivity contribution is 0.0656. The highest BCUT2D eigenvalue weighted by Crippen LogP contribution is 2.31. The van der Waals surface area contributed by atoms with Crippen LogP contribution in [-0.4, -0.2) is 54.9 Å². The van der Waals surface area contributed by atoms with Crippen molar-refractivity contribution in [1.29, 1.82) is 0 Å². The van der Waals surface area contributed by atoms with Gasteiger partial charge in [0.1, 0.15) is 16.4 Å². The third-order valence-electron chi connectivity index (χ3n) is 4.90. The van der Waals surface area contributed by atoms with Gasteiger partial charge in [0, 0.05) is 37.8 Å². The van der Waals surface area contributed by atoms with Crippen LogP contribution < -0.4 is 0 Å². The first-order chi connectivity index (χ1) is 14.8. The zero-order valence-electron chi connectivity index (χ0n) is 16.0. The molecule has 3 aromatic rings. The van der Waals surface area contributed by atoms with Crippen LogP contribution >= 0.6 is 23.2 Å². The summed E-state index contributed by atoms with van der Waals surface area (Å²) in [6.07, 6.45) is 0. The van der Waals surface area contributed by atoms with Crippen molar-refractivity contribution >= 4 is 39.1 Å². The van der Waals surface area contributed by atoms with Gasteiger partial charge >= 0.3 is 0 Å². The van der Waals surface area contributed by atoms with Gasteiger partial charge in [-0.1, -0.05) is 46.6 Å². The van der Waals surface area contributed by atoms with Gasteiger partial charge in [-0.05, 0) is 24.3 Å². The quantitative estimate of drug-likeness (QED) is 0.561. The molecular formula is C20H16Cl2FN3O4S. The fourth-order valence-electron chi connectivity index (χ4n) is 3.27. The molecule has 0 N–H and O–H groups in total. The summed E-state index contributed by atoms with van der Waals surface area (Å²) >= 11 is 12.0. The topological polar surface area (TPSA) is 83.7 Å². The molecular weight excluding hydrogens is 468 g/mol.